The molecule has 0 saturated heterocycles. The van der Waals surface area contributed by atoms with Gasteiger partial charge in [0, 0.05) is 47.9 Å². The minimum Gasteiger partial charge on any atom is -0.387 e. The summed E-state index contributed by atoms with van der Waals surface area (Å²) in [5, 5.41) is 2.96. The van der Waals surface area contributed by atoms with Crippen LogP contribution in [-0.4, -0.2) is 35.6 Å². The van der Waals surface area contributed by atoms with Crippen molar-refractivity contribution in [2.45, 2.75) is 52.0 Å². The van der Waals surface area contributed by atoms with E-state index in [-0.39, 0.29) is 24.3 Å². The topological polar surface area (TPSA) is 114 Å². The summed E-state index contributed by atoms with van der Waals surface area (Å²) in [5.74, 6) is 0.118. The van der Waals surface area contributed by atoms with Crippen molar-refractivity contribution in [3.05, 3.63) is 64.2 Å². The van der Waals surface area contributed by atoms with Gasteiger partial charge in [0.1, 0.15) is 5.84 Å². The first-order chi connectivity index (χ1) is 16.4. The highest BCUT2D eigenvalue weighted by Crippen LogP contribution is 2.32. The second-order valence-corrected chi connectivity index (χ2v) is 9.03. The van der Waals surface area contributed by atoms with E-state index in [0.29, 0.717) is 35.7 Å². The second kappa shape index (κ2) is 10.2. The average molecular weight is 460 g/mol. The number of benzene rings is 2. The van der Waals surface area contributed by atoms with Gasteiger partial charge in [-0.05, 0) is 67.2 Å². The van der Waals surface area contributed by atoms with Crippen LogP contribution in [0.1, 0.15) is 72.6 Å². The number of fused-ring (bicyclic) bond motifs is 2. The van der Waals surface area contributed by atoms with Crippen LogP contribution in [0.25, 0.3) is 6.08 Å². The molecule has 7 heteroatoms. The molecule has 0 unspecified atom stereocenters. The van der Waals surface area contributed by atoms with Crippen molar-refractivity contribution >= 4 is 35.1 Å². The van der Waals surface area contributed by atoms with Crippen molar-refractivity contribution in [3.8, 4) is 0 Å². The van der Waals surface area contributed by atoms with E-state index < -0.39 is 0 Å². The van der Waals surface area contributed by atoms with Gasteiger partial charge in [0.25, 0.3) is 5.91 Å². The molecule has 0 saturated carbocycles. The highest BCUT2D eigenvalue weighted by atomic mass is 16.2. The summed E-state index contributed by atoms with van der Waals surface area (Å²) in [6.45, 7) is 5.54. The molecule has 0 fully saturated rings. The molecule has 2 aliphatic rings. The van der Waals surface area contributed by atoms with E-state index in [4.69, 9.17) is 11.5 Å². The first-order valence-electron chi connectivity index (χ1n) is 12.1. The molecule has 2 aromatic carbocycles. The van der Waals surface area contributed by atoms with Gasteiger partial charge in [-0.1, -0.05) is 26.0 Å². The number of anilines is 1. The van der Waals surface area contributed by atoms with Gasteiger partial charge in [0.15, 0.2) is 0 Å². The van der Waals surface area contributed by atoms with Crippen molar-refractivity contribution in [2.24, 2.45) is 16.5 Å². The van der Waals surface area contributed by atoms with Crippen LogP contribution in [0.15, 0.2) is 47.0 Å². The predicted octanol–water partition coefficient (Wildman–Crippen LogP) is 4.31. The maximum Gasteiger partial charge on any atom is 0.255 e. The maximum atomic E-state index is 13.1. The Morgan fingerprint density at radius 1 is 1.12 bits per heavy atom. The number of carbonyl (C=O) groups excluding carboxylic acids is 2. The zero-order chi connectivity index (χ0) is 24.2. The number of amides is 2. The number of hydrogen-bond acceptors (Lipinski definition) is 5. The lowest BCUT2D eigenvalue weighted by Crippen LogP contribution is -2.34. The molecule has 0 spiro atoms. The third kappa shape index (κ3) is 5.04. The molecule has 1 aliphatic carbocycles. The minimum atomic E-state index is -0.232. The zero-order valence-electron chi connectivity index (χ0n) is 19.9. The van der Waals surface area contributed by atoms with Gasteiger partial charge in [-0.3, -0.25) is 9.59 Å². The fourth-order valence-corrected chi connectivity index (χ4v) is 4.64. The van der Waals surface area contributed by atoms with Gasteiger partial charge in [0.05, 0.1) is 5.69 Å². The monoisotopic (exact) mass is 459 g/mol. The average Bonchev–Trinajstić information content (AvgIpc) is 3.09. The van der Waals surface area contributed by atoms with Gasteiger partial charge in [-0.15, -0.1) is 0 Å². The number of rotatable bonds is 7. The van der Waals surface area contributed by atoms with E-state index in [1.165, 1.54) is 5.56 Å². The molecule has 1 atom stereocenters. The normalized spacial score (nSPS) is 16.6. The number of nitrogens with two attached hydrogens (primary N) is 2. The van der Waals surface area contributed by atoms with E-state index in [1.807, 2.05) is 35.2 Å². The molecule has 2 aromatic rings. The van der Waals surface area contributed by atoms with Crippen molar-refractivity contribution in [3.63, 3.8) is 0 Å². The Hall–Kier alpha value is -3.45. The Morgan fingerprint density at radius 3 is 2.62 bits per heavy atom. The Bertz CT molecular complexity index is 1160. The van der Waals surface area contributed by atoms with Gasteiger partial charge in [-0.25, -0.2) is 4.99 Å². The zero-order valence-corrected chi connectivity index (χ0v) is 19.9. The fourth-order valence-electron chi connectivity index (χ4n) is 4.64. The lowest BCUT2D eigenvalue weighted by Gasteiger charge is -2.22. The number of aryl methyl sites for hydroxylation is 1. The van der Waals surface area contributed by atoms with Crippen LogP contribution in [0.3, 0.4) is 0 Å². The number of nitrogens with one attached hydrogen (secondary N) is 1. The molecule has 4 rings (SSSR count). The minimum absolute atomic E-state index is 0.00802. The van der Waals surface area contributed by atoms with E-state index in [9.17, 15) is 9.59 Å². The largest absolute Gasteiger partial charge is 0.387 e. The van der Waals surface area contributed by atoms with E-state index in [2.05, 4.69) is 24.2 Å². The van der Waals surface area contributed by atoms with Crippen molar-refractivity contribution in [2.75, 3.05) is 18.4 Å². The van der Waals surface area contributed by atoms with E-state index >= 15 is 0 Å². The van der Waals surface area contributed by atoms with Crippen LogP contribution in [0.2, 0.25) is 0 Å². The van der Waals surface area contributed by atoms with Gasteiger partial charge >= 0.3 is 0 Å². The maximum absolute atomic E-state index is 13.1. The fraction of sp³-hybridized carbons (Fsp3) is 0.370. The Balaban J connectivity index is 1.57. The first kappa shape index (κ1) is 23.7. The third-order valence-electron chi connectivity index (χ3n) is 6.33. The van der Waals surface area contributed by atoms with Crippen LogP contribution in [0, 0.1) is 0 Å². The van der Waals surface area contributed by atoms with E-state index in [1.54, 1.807) is 12.1 Å². The SMILES string of the molecule is CCCN(CCC)C(=O)C1=Cc2ccc(C(=O)Nc3ccc4c(c3)[C@@H](N)CC4)cc2N=C(N)C1. The Morgan fingerprint density at radius 2 is 1.88 bits per heavy atom. The van der Waals surface area contributed by atoms with Crippen molar-refractivity contribution < 1.29 is 9.59 Å². The molecule has 1 aliphatic heterocycles. The third-order valence-corrected chi connectivity index (χ3v) is 6.33. The highest BCUT2D eigenvalue weighted by Gasteiger charge is 2.22. The predicted molar refractivity (Wildman–Crippen MR) is 137 cm³/mol. The van der Waals surface area contributed by atoms with Gasteiger partial charge in [0.2, 0.25) is 5.91 Å². The van der Waals surface area contributed by atoms with Crippen molar-refractivity contribution in [1.82, 2.24) is 4.90 Å². The second-order valence-electron chi connectivity index (χ2n) is 9.03. The molecule has 7 nitrogen and oxygen atoms in total. The number of nitrogens with zero attached hydrogens (tertiary/aromatic N) is 2. The van der Waals surface area contributed by atoms with E-state index in [0.717, 1.165) is 42.5 Å². The summed E-state index contributed by atoms with van der Waals surface area (Å²) in [6.07, 6.45) is 5.84. The highest BCUT2D eigenvalue weighted by molar-refractivity contribution is 6.08. The standard InChI is InChI=1S/C27H33N5O2/c1-3-11-32(12-4-2)27(34)20-13-18-5-6-19(14-24(18)31-25(29)15-20)26(33)30-21-9-7-17-8-10-23(28)22(17)16-21/h5-7,9,13-14,16,23H,3-4,8,10-12,15,28H2,1-2H3,(H2,29,31)(H,30,33)/t23-/m0/s1. The molecule has 34 heavy (non-hydrogen) atoms. The molecular formula is C27H33N5O2. The molecule has 0 aromatic heterocycles. The number of hydrogen-bond donors (Lipinski definition) is 3. The quantitative estimate of drug-likeness (QED) is 0.572. The molecule has 5 N–H and O–H groups in total. The number of amidine groups is 1. The number of aliphatic imine (C=N–C) groups is 1. The molecular weight excluding hydrogens is 426 g/mol. The van der Waals surface area contributed by atoms with Crippen LogP contribution in [0.4, 0.5) is 11.4 Å². The van der Waals surface area contributed by atoms with Crippen LogP contribution in [-0.2, 0) is 11.2 Å². The Kier molecular flexibility index (Phi) is 7.12. The summed E-state index contributed by atoms with van der Waals surface area (Å²) in [5.41, 5.74) is 17.9. The molecule has 0 radical (unpaired) electrons. The Labute approximate surface area is 200 Å². The van der Waals surface area contributed by atoms with Crippen LogP contribution < -0.4 is 16.8 Å². The molecule has 2 amide bonds. The van der Waals surface area contributed by atoms with Crippen LogP contribution in [0.5, 0.6) is 0 Å². The van der Waals surface area contributed by atoms with Crippen molar-refractivity contribution in [1.29, 1.82) is 0 Å². The molecule has 1 heterocycles. The summed E-state index contributed by atoms with van der Waals surface area (Å²) in [6, 6.07) is 11.2. The molecule has 178 valence electrons. The first-order valence-corrected chi connectivity index (χ1v) is 12.1. The number of carbonyl (C=O) groups is 2. The summed E-state index contributed by atoms with van der Waals surface area (Å²) in [4.78, 5) is 32.5. The lowest BCUT2D eigenvalue weighted by molar-refractivity contribution is -0.127. The lowest BCUT2D eigenvalue weighted by atomic mass is 10.0. The summed E-state index contributed by atoms with van der Waals surface area (Å²) >= 11 is 0. The smallest absolute Gasteiger partial charge is 0.255 e. The molecule has 0 bridgehead atoms. The van der Waals surface area contributed by atoms with Gasteiger partial charge in [-0.2, -0.15) is 0 Å². The van der Waals surface area contributed by atoms with Crippen LogP contribution >= 0.6 is 0 Å². The summed E-state index contributed by atoms with van der Waals surface area (Å²) < 4.78 is 0. The summed E-state index contributed by atoms with van der Waals surface area (Å²) in [7, 11) is 0. The van der Waals surface area contributed by atoms with Gasteiger partial charge < -0.3 is 21.7 Å².